The summed E-state index contributed by atoms with van der Waals surface area (Å²) < 4.78 is 13.9. The van der Waals surface area contributed by atoms with E-state index < -0.39 is 5.82 Å². The molecule has 1 aromatic carbocycles. The van der Waals surface area contributed by atoms with Gasteiger partial charge < -0.3 is 9.80 Å². The second-order valence-electron chi connectivity index (χ2n) is 6.27. The van der Waals surface area contributed by atoms with Crippen molar-refractivity contribution in [1.29, 1.82) is 0 Å². The van der Waals surface area contributed by atoms with Gasteiger partial charge in [-0.15, -0.1) is 0 Å². The van der Waals surface area contributed by atoms with Gasteiger partial charge in [-0.3, -0.25) is 9.59 Å². The maximum absolute atomic E-state index is 13.9. The molecule has 0 spiro atoms. The summed E-state index contributed by atoms with van der Waals surface area (Å²) in [5, 5.41) is 0. The summed E-state index contributed by atoms with van der Waals surface area (Å²) in [6.07, 6.45) is 0. The number of amides is 2. The average molecular weight is 306 g/mol. The van der Waals surface area contributed by atoms with Gasteiger partial charge >= 0.3 is 0 Å². The summed E-state index contributed by atoms with van der Waals surface area (Å²) in [6, 6.07) is 4.43. The number of carbonyl (C=O) groups excluding carboxylic acids is 2. The third-order valence-corrected chi connectivity index (χ3v) is 4.05. The molecule has 4 nitrogen and oxygen atoms in total. The van der Waals surface area contributed by atoms with Gasteiger partial charge in [0, 0.05) is 31.6 Å². The molecule has 1 saturated heterocycles. The lowest BCUT2D eigenvalue weighted by atomic mass is 10.1. The molecule has 2 amide bonds. The van der Waals surface area contributed by atoms with Crippen LogP contribution in [0.5, 0.6) is 0 Å². The Kier molecular flexibility index (Phi) is 4.84. The zero-order chi connectivity index (χ0) is 16.4. The van der Waals surface area contributed by atoms with E-state index >= 15 is 0 Å². The lowest BCUT2D eigenvalue weighted by Crippen LogP contribution is -2.56. The van der Waals surface area contributed by atoms with E-state index in [0.717, 1.165) is 5.56 Å². The van der Waals surface area contributed by atoms with Gasteiger partial charge in [-0.1, -0.05) is 25.5 Å². The van der Waals surface area contributed by atoms with Crippen LogP contribution < -0.4 is 0 Å². The van der Waals surface area contributed by atoms with Gasteiger partial charge in [-0.2, -0.15) is 0 Å². The summed E-state index contributed by atoms with van der Waals surface area (Å²) in [6.45, 7) is 8.89. The molecular formula is C17H23FN2O2. The second-order valence-corrected chi connectivity index (χ2v) is 6.27. The van der Waals surface area contributed by atoms with E-state index in [9.17, 15) is 14.0 Å². The van der Waals surface area contributed by atoms with E-state index in [1.807, 2.05) is 27.7 Å². The standard InChI is InChI=1S/C17H23FN2O2/c1-11(2)16(21)19-7-8-20(13(4)10-19)17(22)14-9-12(3)5-6-15(14)18/h5-6,9,11,13H,7-8,10H2,1-4H3. The predicted molar refractivity (Wildman–Crippen MR) is 83.1 cm³/mol. The van der Waals surface area contributed by atoms with E-state index in [-0.39, 0.29) is 29.3 Å². The van der Waals surface area contributed by atoms with Gasteiger partial charge in [0.1, 0.15) is 5.82 Å². The number of aryl methyl sites for hydroxylation is 1. The largest absolute Gasteiger partial charge is 0.339 e. The first-order valence-electron chi connectivity index (χ1n) is 7.67. The summed E-state index contributed by atoms with van der Waals surface area (Å²) in [7, 11) is 0. The van der Waals surface area contributed by atoms with Crippen LogP contribution in [0, 0.1) is 18.7 Å². The van der Waals surface area contributed by atoms with Crippen molar-refractivity contribution in [1.82, 2.24) is 9.80 Å². The molecule has 1 aliphatic heterocycles. The van der Waals surface area contributed by atoms with Gasteiger partial charge in [-0.05, 0) is 26.0 Å². The molecule has 1 heterocycles. The highest BCUT2D eigenvalue weighted by Crippen LogP contribution is 2.18. The summed E-state index contributed by atoms with van der Waals surface area (Å²) in [5.74, 6) is -0.752. The van der Waals surface area contributed by atoms with E-state index in [0.29, 0.717) is 19.6 Å². The van der Waals surface area contributed by atoms with Crippen molar-refractivity contribution < 1.29 is 14.0 Å². The number of nitrogens with zero attached hydrogens (tertiary/aromatic N) is 2. The fourth-order valence-corrected chi connectivity index (χ4v) is 2.78. The van der Waals surface area contributed by atoms with Crippen molar-refractivity contribution in [3.8, 4) is 0 Å². The van der Waals surface area contributed by atoms with Crippen LogP contribution in [0.2, 0.25) is 0 Å². The summed E-state index contributed by atoms with van der Waals surface area (Å²) >= 11 is 0. The average Bonchev–Trinajstić information content (AvgIpc) is 2.48. The molecule has 1 aromatic rings. The molecule has 0 aliphatic carbocycles. The van der Waals surface area contributed by atoms with E-state index in [1.54, 1.807) is 21.9 Å². The zero-order valence-electron chi connectivity index (χ0n) is 13.6. The lowest BCUT2D eigenvalue weighted by Gasteiger charge is -2.40. The number of halogens is 1. The van der Waals surface area contributed by atoms with Crippen molar-refractivity contribution in [2.24, 2.45) is 5.92 Å². The van der Waals surface area contributed by atoms with Gasteiger partial charge in [0.25, 0.3) is 5.91 Å². The number of hydrogen-bond donors (Lipinski definition) is 0. The van der Waals surface area contributed by atoms with Crippen LogP contribution >= 0.6 is 0 Å². The zero-order valence-corrected chi connectivity index (χ0v) is 13.6. The van der Waals surface area contributed by atoms with Crippen molar-refractivity contribution in [3.63, 3.8) is 0 Å². The highest BCUT2D eigenvalue weighted by Gasteiger charge is 2.31. The van der Waals surface area contributed by atoms with Gasteiger partial charge in [-0.25, -0.2) is 4.39 Å². The third kappa shape index (κ3) is 3.29. The van der Waals surface area contributed by atoms with Crippen molar-refractivity contribution in [2.45, 2.75) is 33.7 Å². The molecule has 0 aromatic heterocycles. The summed E-state index contributed by atoms with van der Waals surface area (Å²) in [4.78, 5) is 28.1. The van der Waals surface area contributed by atoms with Crippen LogP contribution in [0.1, 0.15) is 36.7 Å². The first-order chi connectivity index (χ1) is 10.3. The predicted octanol–water partition coefficient (Wildman–Crippen LogP) is 2.46. The highest BCUT2D eigenvalue weighted by molar-refractivity contribution is 5.95. The molecule has 1 aliphatic rings. The first kappa shape index (κ1) is 16.5. The van der Waals surface area contributed by atoms with Crippen molar-refractivity contribution >= 4 is 11.8 Å². The Morgan fingerprint density at radius 1 is 1.27 bits per heavy atom. The number of piperazine rings is 1. The molecule has 1 atom stereocenters. The SMILES string of the molecule is Cc1ccc(F)c(C(=O)N2CCN(C(=O)C(C)C)CC2C)c1. The van der Waals surface area contributed by atoms with Crippen molar-refractivity contribution in [2.75, 3.05) is 19.6 Å². The first-order valence-corrected chi connectivity index (χ1v) is 7.67. The maximum atomic E-state index is 13.9. The van der Waals surface area contributed by atoms with Crippen LogP contribution in [0.25, 0.3) is 0 Å². The van der Waals surface area contributed by atoms with E-state index in [1.165, 1.54) is 6.07 Å². The van der Waals surface area contributed by atoms with Crippen LogP contribution in [0.3, 0.4) is 0 Å². The molecular weight excluding hydrogens is 283 g/mol. The van der Waals surface area contributed by atoms with Crippen LogP contribution in [0.4, 0.5) is 4.39 Å². The van der Waals surface area contributed by atoms with Gasteiger partial charge in [0.15, 0.2) is 0 Å². The third-order valence-electron chi connectivity index (χ3n) is 4.05. The minimum Gasteiger partial charge on any atom is -0.339 e. The Hall–Kier alpha value is -1.91. The van der Waals surface area contributed by atoms with Gasteiger partial charge in [0.2, 0.25) is 5.91 Å². The number of carbonyl (C=O) groups is 2. The monoisotopic (exact) mass is 306 g/mol. The Labute approximate surface area is 130 Å². The Morgan fingerprint density at radius 3 is 2.55 bits per heavy atom. The number of benzene rings is 1. The molecule has 22 heavy (non-hydrogen) atoms. The molecule has 1 unspecified atom stereocenters. The number of rotatable bonds is 2. The summed E-state index contributed by atoms with van der Waals surface area (Å²) in [5.41, 5.74) is 0.960. The Bertz CT molecular complexity index is 586. The number of hydrogen-bond acceptors (Lipinski definition) is 2. The highest BCUT2D eigenvalue weighted by atomic mass is 19.1. The molecule has 0 saturated carbocycles. The molecule has 0 bridgehead atoms. The van der Waals surface area contributed by atoms with Crippen LogP contribution in [-0.4, -0.2) is 47.3 Å². The molecule has 2 rings (SSSR count). The topological polar surface area (TPSA) is 40.6 Å². The minimum atomic E-state index is -0.497. The Morgan fingerprint density at radius 2 is 1.95 bits per heavy atom. The molecule has 5 heteroatoms. The van der Waals surface area contributed by atoms with Gasteiger partial charge in [0.05, 0.1) is 5.56 Å². The molecule has 1 fully saturated rings. The lowest BCUT2D eigenvalue weighted by molar-refractivity contribution is -0.136. The van der Waals surface area contributed by atoms with Crippen LogP contribution in [0.15, 0.2) is 18.2 Å². The molecule has 0 N–H and O–H groups in total. The quantitative estimate of drug-likeness (QED) is 0.842. The second kappa shape index (κ2) is 6.46. The van der Waals surface area contributed by atoms with E-state index in [2.05, 4.69) is 0 Å². The minimum absolute atomic E-state index is 0.0522. The smallest absolute Gasteiger partial charge is 0.257 e. The normalized spacial score (nSPS) is 18.7. The maximum Gasteiger partial charge on any atom is 0.257 e. The fraction of sp³-hybridized carbons (Fsp3) is 0.529. The van der Waals surface area contributed by atoms with E-state index in [4.69, 9.17) is 0 Å². The fourth-order valence-electron chi connectivity index (χ4n) is 2.78. The van der Waals surface area contributed by atoms with Crippen LogP contribution in [-0.2, 0) is 4.79 Å². The molecule has 0 radical (unpaired) electrons. The molecule has 120 valence electrons. The Balaban J connectivity index is 2.13. The van der Waals surface area contributed by atoms with Crippen molar-refractivity contribution in [3.05, 3.63) is 35.1 Å².